The Morgan fingerprint density at radius 2 is 2.18 bits per heavy atom. The number of hydrogen-bond acceptors (Lipinski definition) is 5. The molecule has 0 saturated carbocycles. The van der Waals surface area contributed by atoms with Crippen molar-refractivity contribution in [3.8, 4) is 0 Å². The summed E-state index contributed by atoms with van der Waals surface area (Å²) < 4.78 is 1.80. The van der Waals surface area contributed by atoms with Gasteiger partial charge in [0.15, 0.2) is 0 Å². The average molecular weight is 301 g/mol. The maximum Gasteiger partial charge on any atom is 0.290 e. The van der Waals surface area contributed by atoms with E-state index >= 15 is 0 Å². The van der Waals surface area contributed by atoms with E-state index in [1.165, 1.54) is 12.0 Å². The van der Waals surface area contributed by atoms with Gasteiger partial charge in [-0.25, -0.2) is 4.98 Å². The molecular weight excluding hydrogens is 282 g/mol. The van der Waals surface area contributed by atoms with E-state index in [1.54, 1.807) is 23.7 Å². The molecule has 1 saturated heterocycles. The summed E-state index contributed by atoms with van der Waals surface area (Å²) in [4.78, 5) is 17.2. The molecule has 1 aliphatic rings. The molecule has 22 heavy (non-hydrogen) atoms. The van der Waals surface area contributed by atoms with E-state index in [9.17, 15) is 10.1 Å². The lowest BCUT2D eigenvalue weighted by Crippen LogP contribution is -2.34. The van der Waals surface area contributed by atoms with Crippen LogP contribution in [0.15, 0.2) is 24.5 Å². The predicted molar refractivity (Wildman–Crippen MR) is 82.8 cm³/mol. The monoisotopic (exact) mass is 301 g/mol. The smallest absolute Gasteiger partial charge is 0.290 e. The molecule has 1 atom stereocenters. The van der Waals surface area contributed by atoms with Gasteiger partial charge >= 0.3 is 0 Å². The van der Waals surface area contributed by atoms with Crippen molar-refractivity contribution < 1.29 is 4.92 Å². The lowest BCUT2D eigenvalue weighted by atomic mass is 9.97. The van der Waals surface area contributed by atoms with Gasteiger partial charge in [0.05, 0.1) is 17.2 Å². The second-order valence-corrected chi connectivity index (χ2v) is 5.68. The van der Waals surface area contributed by atoms with Gasteiger partial charge in [-0.05, 0) is 32.3 Å². The highest BCUT2D eigenvalue weighted by atomic mass is 16.6. The molecular formula is C15H19N5O2. The van der Waals surface area contributed by atoms with Crippen LogP contribution in [0.1, 0.15) is 36.6 Å². The van der Waals surface area contributed by atoms with Crippen LogP contribution in [0.5, 0.6) is 0 Å². The number of rotatable bonds is 3. The summed E-state index contributed by atoms with van der Waals surface area (Å²) in [6.45, 7) is 2.59. The fourth-order valence-corrected chi connectivity index (χ4v) is 3.06. The zero-order valence-electron chi connectivity index (χ0n) is 12.8. The predicted octanol–water partition coefficient (Wildman–Crippen LogP) is 2.76. The normalized spacial score (nSPS) is 18.5. The van der Waals surface area contributed by atoms with Gasteiger partial charge in [0.1, 0.15) is 11.5 Å². The summed E-state index contributed by atoms with van der Waals surface area (Å²) in [5, 5.41) is 15.2. The second kappa shape index (κ2) is 5.75. The number of nitrogens with zero attached hydrogens (tertiary/aromatic N) is 5. The molecule has 0 spiro atoms. The first-order valence-corrected chi connectivity index (χ1v) is 7.43. The van der Waals surface area contributed by atoms with Crippen molar-refractivity contribution >= 4 is 11.5 Å². The third-order valence-corrected chi connectivity index (χ3v) is 4.15. The average Bonchev–Trinajstić information content (AvgIpc) is 2.93. The molecule has 1 fully saturated rings. The van der Waals surface area contributed by atoms with Crippen LogP contribution >= 0.6 is 0 Å². The zero-order valence-corrected chi connectivity index (χ0v) is 12.8. The highest BCUT2D eigenvalue weighted by Gasteiger charge is 2.27. The fourth-order valence-electron chi connectivity index (χ4n) is 3.06. The molecule has 0 bridgehead atoms. The first-order chi connectivity index (χ1) is 10.6. The summed E-state index contributed by atoms with van der Waals surface area (Å²) in [6, 6.07) is 3.53. The van der Waals surface area contributed by atoms with Crippen LogP contribution in [0.3, 0.4) is 0 Å². The van der Waals surface area contributed by atoms with Crippen LogP contribution in [0.2, 0.25) is 0 Å². The Kier molecular flexibility index (Phi) is 3.79. The van der Waals surface area contributed by atoms with Gasteiger partial charge in [0, 0.05) is 31.4 Å². The standard InChI is InChI=1S/C15H19N5O2/c1-11-13(20(21)22)6-7-15(17-11)19-8-4-3-5-14(19)12-9-16-18(2)10-12/h6-7,9-10,14H,3-5,8H2,1-2H3. The van der Waals surface area contributed by atoms with Gasteiger partial charge in [0.25, 0.3) is 5.69 Å². The molecule has 1 unspecified atom stereocenters. The van der Waals surface area contributed by atoms with E-state index in [4.69, 9.17) is 0 Å². The number of pyridine rings is 1. The van der Waals surface area contributed by atoms with E-state index in [0.717, 1.165) is 25.2 Å². The van der Waals surface area contributed by atoms with Crippen molar-refractivity contribution in [2.75, 3.05) is 11.4 Å². The van der Waals surface area contributed by atoms with E-state index in [-0.39, 0.29) is 16.7 Å². The Bertz CT molecular complexity index is 697. The zero-order chi connectivity index (χ0) is 15.7. The number of aromatic nitrogens is 3. The maximum atomic E-state index is 10.9. The SMILES string of the molecule is Cc1nc(N2CCCCC2c2cnn(C)c2)ccc1[N+](=O)[O-]. The summed E-state index contributed by atoms with van der Waals surface area (Å²) in [7, 11) is 1.91. The quantitative estimate of drug-likeness (QED) is 0.643. The van der Waals surface area contributed by atoms with Crippen LogP contribution in [0, 0.1) is 17.0 Å². The maximum absolute atomic E-state index is 10.9. The van der Waals surface area contributed by atoms with E-state index in [1.807, 2.05) is 19.4 Å². The number of hydrogen-bond donors (Lipinski definition) is 0. The Labute approximate surface area is 128 Å². The van der Waals surface area contributed by atoms with E-state index in [2.05, 4.69) is 15.0 Å². The number of nitro groups is 1. The summed E-state index contributed by atoms with van der Waals surface area (Å²) in [6.07, 6.45) is 7.24. The van der Waals surface area contributed by atoms with Crippen molar-refractivity contribution in [3.63, 3.8) is 0 Å². The summed E-state index contributed by atoms with van der Waals surface area (Å²) in [5.41, 5.74) is 1.69. The fraction of sp³-hybridized carbons (Fsp3) is 0.467. The van der Waals surface area contributed by atoms with Gasteiger partial charge in [0.2, 0.25) is 0 Å². The molecule has 0 aromatic carbocycles. The van der Waals surface area contributed by atoms with Crippen LogP contribution in [-0.4, -0.2) is 26.2 Å². The van der Waals surface area contributed by atoms with Gasteiger partial charge in [-0.1, -0.05) is 0 Å². The largest absolute Gasteiger partial charge is 0.349 e. The summed E-state index contributed by atoms with van der Waals surface area (Å²) in [5.74, 6) is 0.802. The van der Waals surface area contributed by atoms with Crippen LogP contribution in [0.4, 0.5) is 11.5 Å². The molecule has 1 aliphatic heterocycles. The third kappa shape index (κ3) is 2.66. The van der Waals surface area contributed by atoms with Crippen molar-refractivity contribution in [1.82, 2.24) is 14.8 Å². The highest BCUT2D eigenvalue weighted by Crippen LogP contribution is 2.34. The van der Waals surface area contributed by atoms with Gasteiger partial charge in [-0.15, -0.1) is 0 Å². The Morgan fingerprint density at radius 1 is 1.36 bits per heavy atom. The van der Waals surface area contributed by atoms with E-state index < -0.39 is 0 Å². The first-order valence-electron chi connectivity index (χ1n) is 7.43. The molecule has 0 amide bonds. The molecule has 7 nitrogen and oxygen atoms in total. The third-order valence-electron chi connectivity index (χ3n) is 4.15. The lowest BCUT2D eigenvalue weighted by molar-refractivity contribution is -0.385. The molecule has 0 aliphatic carbocycles. The van der Waals surface area contributed by atoms with Gasteiger partial charge in [-0.2, -0.15) is 5.10 Å². The minimum absolute atomic E-state index is 0.0682. The van der Waals surface area contributed by atoms with Gasteiger partial charge in [-0.3, -0.25) is 14.8 Å². The summed E-state index contributed by atoms with van der Waals surface area (Å²) >= 11 is 0. The molecule has 3 heterocycles. The number of anilines is 1. The molecule has 2 aromatic rings. The van der Waals surface area contributed by atoms with Crippen molar-refractivity contribution in [1.29, 1.82) is 0 Å². The first kappa shape index (κ1) is 14.5. The molecule has 0 radical (unpaired) electrons. The highest BCUT2D eigenvalue weighted by molar-refractivity contribution is 5.48. The van der Waals surface area contributed by atoms with Crippen molar-refractivity contribution in [2.45, 2.75) is 32.2 Å². The molecule has 3 rings (SSSR count). The molecule has 7 heteroatoms. The minimum atomic E-state index is -0.388. The molecule has 0 N–H and O–H groups in total. The van der Waals surface area contributed by atoms with Crippen LogP contribution in [-0.2, 0) is 7.05 Å². The van der Waals surface area contributed by atoms with E-state index in [0.29, 0.717) is 5.69 Å². The van der Waals surface area contributed by atoms with Crippen LogP contribution in [0.25, 0.3) is 0 Å². The Balaban J connectivity index is 1.94. The van der Waals surface area contributed by atoms with Crippen LogP contribution < -0.4 is 4.90 Å². The second-order valence-electron chi connectivity index (χ2n) is 5.68. The van der Waals surface area contributed by atoms with Gasteiger partial charge < -0.3 is 4.90 Å². The van der Waals surface area contributed by atoms with Crippen molar-refractivity contribution in [2.24, 2.45) is 7.05 Å². The number of piperidine rings is 1. The number of aryl methyl sites for hydroxylation is 2. The Morgan fingerprint density at radius 3 is 2.82 bits per heavy atom. The minimum Gasteiger partial charge on any atom is -0.349 e. The Hall–Kier alpha value is -2.44. The molecule has 2 aromatic heterocycles. The lowest BCUT2D eigenvalue weighted by Gasteiger charge is -2.36. The molecule has 116 valence electrons. The topological polar surface area (TPSA) is 77.1 Å². The van der Waals surface area contributed by atoms with Crippen molar-refractivity contribution in [3.05, 3.63) is 45.9 Å².